The first-order valence-electron chi connectivity index (χ1n) is 7.50. The Labute approximate surface area is 130 Å². The van der Waals surface area contributed by atoms with Gasteiger partial charge in [0.15, 0.2) is 0 Å². The molecular formula is C17H19N3O2. The van der Waals surface area contributed by atoms with Crippen LogP contribution in [0.4, 0.5) is 0 Å². The molecule has 0 spiro atoms. The van der Waals surface area contributed by atoms with Gasteiger partial charge in [-0.2, -0.15) is 0 Å². The number of nitrogens with zero attached hydrogens (tertiary/aromatic N) is 3. The summed E-state index contributed by atoms with van der Waals surface area (Å²) in [5, 5.41) is 0. The standard InChI is InChI=1S/C17H19N3O2/c21-17(16-5-1-2-7-19-16)20-8-9-22-13-15(12-20)10-14-4-3-6-18-11-14/h1-7,11,15H,8-10,12-13H2/t15-/m0/s1. The zero-order valence-corrected chi connectivity index (χ0v) is 12.4. The molecule has 1 atom stereocenters. The van der Waals surface area contributed by atoms with Gasteiger partial charge in [-0.15, -0.1) is 0 Å². The third-order valence-electron chi connectivity index (χ3n) is 3.76. The summed E-state index contributed by atoms with van der Waals surface area (Å²) in [6.07, 6.45) is 6.15. The van der Waals surface area contributed by atoms with Crippen molar-refractivity contribution >= 4 is 5.91 Å². The van der Waals surface area contributed by atoms with Crippen LogP contribution in [0.5, 0.6) is 0 Å². The van der Waals surface area contributed by atoms with Crippen molar-refractivity contribution in [3.05, 3.63) is 60.2 Å². The van der Waals surface area contributed by atoms with Gasteiger partial charge >= 0.3 is 0 Å². The van der Waals surface area contributed by atoms with Crippen molar-refractivity contribution < 1.29 is 9.53 Å². The van der Waals surface area contributed by atoms with Gasteiger partial charge in [0, 0.05) is 37.6 Å². The fourth-order valence-corrected chi connectivity index (χ4v) is 2.69. The molecule has 5 heteroatoms. The van der Waals surface area contributed by atoms with Crippen molar-refractivity contribution in [2.24, 2.45) is 5.92 Å². The maximum Gasteiger partial charge on any atom is 0.272 e. The SMILES string of the molecule is O=C(c1ccccn1)N1CCOC[C@@H](Cc2cccnc2)C1. The first kappa shape index (κ1) is 14.7. The topological polar surface area (TPSA) is 55.3 Å². The van der Waals surface area contributed by atoms with Crippen molar-refractivity contribution in [2.45, 2.75) is 6.42 Å². The minimum Gasteiger partial charge on any atom is -0.379 e. The van der Waals surface area contributed by atoms with Crippen LogP contribution in [0.1, 0.15) is 16.1 Å². The van der Waals surface area contributed by atoms with Gasteiger partial charge in [-0.3, -0.25) is 14.8 Å². The van der Waals surface area contributed by atoms with E-state index in [2.05, 4.69) is 16.0 Å². The second-order valence-corrected chi connectivity index (χ2v) is 5.47. The Kier molecular flexibility index (Phi) is 4.75. The molecule has 0 bridgehead atoms. The summed E-state index contributed by atoms with van der Waals surface area (Å²) in [6, 6.07) is 9.39. The molecule has 1 fully saturated rings. The molecule has 0 unspecified atom stereocenters. The van der Waals surface area contributed by atoms with Gasteiger partial charge in [-0.25, -0.2) is 0 Å². The monoisotopic (exact) mass is 297 g/mol. The van der Waals surface area contributed by atoms with Gasteiger partial charge < -0.3 is 9.64 Å². The van der Waals surface area contributed by atoms with E-state index in [4.69, 9.17) is 4.74 Å². The van der Waals surface area contributed by atoms with E-state index < -0.39 is 0 Å². The molecular weight excluding hydrogens is 278 g/mol. The van der Waals surface area contributed by atoms with E-state index in [1.54, 1.807) is 18.5 Å². The normalized spacial score (nSPS) is 18.7. The molecule has 3 heterocycles. The largest absolute Gasteiger partial charge is 0.379 e. The van der Waals surface area contributed by atoms with E-state index in [0.717, 1.165) is 6.42 Å². The van der Waals surface area contributed by atoms with Crippen LogP contribution in [-0.4, -0.2) is 47.1 Å². The maximum atomic E-state index is 12.5. The lowest BCUT2D eigenvalue weighted by Gasteiger charge is -2.23. The molecule has 3 rings (SSSR count). The molecule has 0 aromatic carbocycles. The van der Waals surface area contributed by atoms with Gasteiger partial charge in [0.1, 0.15) is 5.69 Å². The fourth-order valence-electron chi connectivity index (χ4n) is 2.69. The lowest BCUT2D eigenvalue weighted by atomic mass is 10.0. The summed E-state index contributed by atoms with van der Waals surface area (Å²) >= 11 is 0. The van der Waals surface area contributed by atoms with Gasteiger partial charge in [0.2, 0.25) is 0 Å². The number of hydrogen-bond acceptors (Lipinski definition) is 4. The number of aromatic nitrogens is 2. The van der Waals surface area contributed by atoms with Crippen LogP contribution in [0.2, 0.25) is 0 Å². The quantitative estimate of drug-likeness (QED) is 0.867. The van der Waals surface area contributed by atoms with Crippen LogP contribution < -0.4 is 0 Å². The van der Waals surface area contributed by atoms with Gasteiger partial charge in [-0.1, -0.05) is 12.1 Å². The minimum atomic E-state index is -0.0257. The van der Waals surface area contributed by atoms with Gasteiger partial charge in [-0.05, 0) is 30.2 Å². The van der Waals surface area contributed by atoms with Gasteiger partial charge in [0.05, 0.1) is 13.2 Å². The summed E-state index contributed by atoms with van der Waals surface area (Å²) < 4.78 is 5.66. The third kappa shape index (κ3) is 3.68. The van der Waals surface area contributed by atoms with Crippen molar-refractivity contribution in [1.29, 1.82) is 0 Å². The highest BCUT2D eigenvalue weighted by atomic mass is 16.5. The lowest BCUT2D eigenvalue weighted by Crippen LogP contribution is -2.36. The highest BCUT2D eigenvalue weighted by Crippen LogP contribution is 2.15. The first-order chi connectivity index (χ1) is 10.8. The van der Waals surface area contributed by atoms with Crippen LogP contribution in [0.25, 0.3) is 0 Å². The molecule has 22 heavy (non-hydrogen) atoms. The number of carbonyl (C=O) groups is 1. The average Bonchev–Trinajstić information content (AvgIpc) is 2.81. The Morgan fingerprint density at radius 2 is 2.23 bits per heavy atom. The van der Waals surface area contributed by atoms with Crippen LogP contribution in [0.3, 0.4) is 0 Å². The summed E-state index contributed by atoms with van der Waals surface area (Å²) in [7, 11) is 0. The molecule has 0 N–H and O–H groups in total. The number of ether oxygens (including phenoxy) is 1. The number of rotatable bonds is 3. The highest BCUT2D eigenvalue weighted by molar-refractivity contribution is 5.92. The molecule has 114 valence electrons. The zero-order valence-electron chi connectivity index (χ0n) is 12.4. The lowest BCUT2D eigenvalue weighted by molar-refractivity contribution is 0.0731. The Morgan fingerprint density at radius 1 is 1.27 bits per heavy atom. The van der Waals surface area contributed by atoms with Crippen LogP contribution in [0.15, 0.2) is 48.9 Å². The highest BCUT2D eigenvalue weighted by Gasteiger charge is 2.24. The third-order valence-corrected chi connectivity index (χ3v) is 3.76. The van der Waals surface area contributed by atoms with E-state index in [-0.39, 0.29) is 11.8 Å². The first-order valence-corrected chi connectivity index (χ1v) is 7.50. The van der Waals surface area contributed by atoms with E-state index >= 15 is 0 Å². The molecule has 1 amide bonds. The molecule has 1 aliphatic heterocycles. The fraction of sp³-hybridized carbons (Fsp3) is 0.353. The predicted molar refractivity (Wildman–Crippen MR) is 82.4 cm³/mol. The Bertz CT molecular complexity index is 604. The Morgan fingerprint density at radius 3 is 3.00 bits per heavy atom. The van der Waals surface area contributed by atoms with E-state index in [0.29, 0.717) is 32.0 Å². The molecule has 1 aliphatic rings. The minimum absolute atomic E-state index is 0.0257. The number of hydrogen-bond donors (Lipinski definition) is 0. The second-order valence-electron chi connectivity index (χ2n) is 5.47. The maximum absolute atomic E-state index is 12.5. The zero-order chi connectivity index (χ0) is 15.2. The molecule has 0 aliphatic carbocycles. The number of pyridine rings is 2. The van der Waals surface area contributed by atoms with E-state index in [9.17, 15) is 4.79 Å². The van der Waals surface area contributed by atoms with E-state index in [1.807, 2.05) is 29.3 Å². The average molecular weight is 297 g/mol. The summed E-state index contributed by atoms with van der Waals surface area (Å²) in [5.41, 5.74) is 1.66. The second kappa shape index (κ2) is 7.13. The van der Waals surface area contributed by atoms with Crippen molar-refractivity contribution in [3.8, 4) is 0 Å². The van der Waals surface area contributed by atoms with Crippen LogP contribution in [0, 0.1) is 5.92 Å². The summed E-state index contributed by atoms with van der Waals surface area (Å²) in [6.45, 7) is 2.53. The Balaban J connectivity index is 1.69. The van der Waals surface area contributed by atoms with Gasteiger partial charge in [0.25, 0.3) is 5.91 Å². The van der Waals surface area contributed by atoms with Crippen molar-refractivity contribution in [3.63, 3.8) is 0 Å². The Hall–Kier alpha value is -2.27. The molecule has 1 saturated heterocycles. The van der Waals surface area contributed by atoms with E-state index in [1.165, 1.54) is 5.56 Å². The molecule has 5 nitrogen and oxygen atoms in total. The van der Waals surface area contributed by atoms with Crippen LogP contribution in [-0.2, 0) is 11.2 Å². The summed E-state index contributed by atoms with van der Waals surface area (Å²) in [5.74, 6) is 0.252. The van der Waals surface area contributed by atoms with Crippen molar-refractivity contribution in [1.82, 2.24) is 14.9 Å². The number of amides is 1. The smallest absolute Gasteiger partial charge is 0.272 e. The molecule has 0 saturated carbocycles. The molecule has 0 radical (unpaired) electrons. The predicted octanol–water partition coefficient (Wildman–Crippen LogP) is 1.81. The molecule has 2 aromatic heterocycles. The summed E-state index contributed by atoms with van der Waals surface area (Å²) in [4.78, 5) is 22.7. The molecule has 2 aromatic rings. The van der Waals surface area contributed by atoms with Crippen molar-refractivity contribution in [2.75, 3.05) is 26.3 Å². The van der Waals surface area contributed by atoms with Crippen LogP contribution >= 0.6 is 0 Å². The number of carbonyl (C=O) groups excluding carboxylic acids is 1.